The van der Waals surface area contributed by atoms with Gasteiger partial charge in [0.05, 0.1) is 0 Å². The van der Waals surface area contributed by atoms with Crippen LogP contribution in [-0.2, 0) is 27.5 Å². The molecule has 0 saturated heterocycles. The van der Waals surface area contributed by atoms with Gasteiger partial charge in [0.25, 0.3) is 0 Å². The molecule has 0 spiro atoms. The average Bonchev–Trinajstić information content (AvgIpc) is 2.66. The first kappa shape index (κ1) is 26.7. The third-order valence-corrected chi connectivity index (χ3v) is 11.5. The monoisotopic (exact) mass is 443 g/mol. The summed E-state index contributed by atoms with van der Waals surface area (Å²) in [6.45, 7) is 13.5. The van der Waals surface area contributed by atoms with E-state index in [0.29, 0.717) is 24.7 Å². The Morgan fingerprint density at radius 1 is 0.931 bits per heavy atom. The van der Waals surface area contributed by atoms with Crippen LogP contribution in [-0.4, -0.2) is 21.7 Å². The molecule has 0 bridgehead atoms. The molecule has 1 saturated carbocycles. The Labute approximate surface area is 186 Å². The Balaban J connectivity index is 3.41. The molecule has 0 aliphatic heterocycles. The summed E-state index contributed by atoms with van der Waals surface area (Å²) in [5, 5.41) is 11.8. The second-order valence-electron chi connectivity index (χ2n) is 9.83. The van der Waals surface area contributed by atoms with E-state index in [1.807, 2.05) is 0 Å². The molecule has 4 nitrogen and oxygen atoms in total. The fourth-order valence-electron chi connectivity index (χ4n) is 5.49. The molecule has 1 aliphatic rings. The van der Waals surface area contributed by atoms with Crippen molar-refractivity contribution in [3.63, 3.8) is 0 Å². The molecule has 0 heterocycles. The minimum absolute atomic E-state index is 0.0957. The molecule has 0 aromatic heterocycles. The molecule has 0 aromatic rings. The number of hydrogen-bond acceptors (Lipinski definition) is 2. The van der Waals surface area contributed by atoms with E-state index in [2.05, 4.69) is 62.6 Å². The van der Waals surface area contributed by atoms with Crippen molar-refractivity contribution in [2.75, 3.05) is 0 Å². The van der Waals surface area contributed by atoms with Crippen molar-refractivity contribution in [3.05, 3.63) is 0 Å². The molecule has 0 aromatic carbocycles. The summed E-state index contributed by atoms with van der Waals surface area (Å²) in [6.07, 6.45) is 8.26. The zero-order chi connectivity index (χ0) is 22.2. The van der Waals surface area contributed by atoms with Gasteiger partial charge in [-0.3, -0.25) is 0 Å². The summed E-state index contributed by atoms with van der Waals surface area (Å²) in [5.74, 6) is 1.51. The first-order valence-corrected chi connectivity index (χ1v) is 15.9. The predicted molar refractivity (Wildman–Crippen MR) is 120 cm³/mol. The van der Waals surface area contributed by atoms with Gasteiger partial charge in [0.1, 0.15) is 0 Å². The molecule has 2 amide bonds. The minimum atomic E-state index is -1.55. The van der Waals surface area contributed by atoms with Crippen molar-refractivity contribution in [2.24, 2.45) is 17.3 Å². The van der Waals surface area contributed by atoms with Gasteiger partial charge in [0.2, 0.25) is 0 Å². The number of hydrogen-bond donors (Lipinski definition) is 2. The van der Waals surface area contributed by atoms with Crippen molar-refractivity contribution in [1.29, 1.82) is 0 Å². The van der Waals surface area contributed by atoms with Crippen molar-refractivity contribution in [3.8, 4) is 0 Å². The van der Waals surface area contributed by atoms with Gasteiger partial charge in [-0.2, -0.15) is 0 Å². The van der Waals surface area contributed by atoms with Crippen LogP contribution < -0.4 is 10.6 Å². The van der Waals surface area contributed by atoms with Crippen LogP contribution in [0.1, 0.15) is 99.3 Å². The van der Waals surface area contributed by atoms with Crippen LogP contribution in [0.5, 0.6) is 0 Å². The Kier molecular flexibility index (Phi) is 10.9. The van der Waals surface area contributed by atoms with Gasteiger partial charge in [-0.05, 0) is 0 Å². The van der Waals surface area contributed by atoms with E-state index in [1.54, 1.807) is 0 Å². The fourth-order valence-corrected chi connectivity index (χ4v) is 8.19. The van der Waals surface area contributed by atoms with Crippen LogP contribution in [0.15, 0.2) is 0 Å². The summed E-state index contributed by atoms with van der Waals surface area (Å²) in [6, 6.07) is 0.162. The molecule has 4 unspecified atom stereocenters. The van der Waals surface area contributed by atoms with Crippen molar-refractivity contribution >= 4 is 11.8 Å². The Hall–Kier alpha value is -0.346. The number of carbonyl (C=O) groups is 2. The third kappa shape index (κ3) is 6.56. The van der Waals surface area contributed by atoms with Crippen LogP contribution in [0.4, 0.5) is 0 Å². The molecule has 1 fully saturated rings. The Morgan fingerprint density at radius 3 is 1.90 bits per heavy atom. The van der Waals surface area contributed by atoms with Gasteiger partial charge < -0.3 is 0 Å². The summed E-state index contributed by atoms with van der Waals surface area (Å²) in [4.78, 5) is 25.3. The Bertz CT molecular complexity index is 527. The van der Waals surface area contributed by atoms with E-state index in [4.69, 9.17) is 0 Å². The van der Waals surface area contributed by atoms with Gasteiger partial charge >= 0.3 is 187 Å². The van der Waals surface area contributed by atoms with E-state index in [1.165, 1.54) is 0 Å². The second kappa shape index (κ2) is 11.9. The summed E-state index contributed by atoms with van der Waals surface area (Å²) in [5.41, 5.74) is 0.162. The number of nitrogens with one attached hydrogen (secondary N) is 2. The number of amides is 2. The third-order valence-electron chi connectivity index (χ3n) is 7.69. The topological polar surface area (TPSA) is 58.2 Å². The first-order valence-electron chi connectivity index (χ1n) is 12.0. The van der Waals surface area contributed by atoms with Crippen molar-refractivity contribution < 1.29 is 27.5 Å². The summed E-state index contributed by atoms with van der Waals surface area (Å²) < 4.78 is -0.0957. The van der Waals surface area contributed by atoms with Crippen molar-refractivity contribution in [1.82, 2.24) is 10.6 Å². The van der Waals surface area contributed by atoms with Crippen LogP contribution in [0.2, 0.25) is 10.5 Å². The SMILES string of the molecule is CCCC(=O)NC1CC(C(C)CC)(C(C)CC)C[C](NC(=O)CCC)([Ti]([CH3])[CH3])C1. The van der Waals surface area contributed by atoms with Crippen LogP contribution in [0, 0.1) is 17.3 Å². The quantitative estimate of drug-likeness (QED) is 0.393. The predicted octanol–water partition coefficient (Wildman–Crippen LogP) is 5.86. The molecule has 2 N–H and O–H groups in total. The number of carbonyl (C=O) groups excluding carboxylic acids is 2. The van der Waals surface area contributed by atoms with E-state index < -0.39 is 17.9 Å². The number of rotatable bonds is 11. The van der Waals surface area contributed by atoms with Crippen LogP contribution in [0.25, 0.3) is 0 Å². The zero-order valence-corrected chi connectivity index (χ0v) is 22.0. The second-order valence-corrected chi connectivity index (χ2v) is 14.4. The van der Waals surface area contributed by atoms with Gasteiger partial charge in [-0.15, -0.1) is 0 Å². The van der Waals surface area contributed by atoms with Gasteiger partial charge in [-0.25, -0.2) is 0 Å². The Morgan fingerprint density at radius 2 is 1.45 bits per heavy atom. The molecular formula is C24H47N2O2Ti. The molecular weight excluding hydrogens is 396 g/mol. The van der Waals surface area contributed by atoms with Gasteiger partial charge in [-0.1, -0.05) is 0 Å². The zero-order valence-electron chi connectivity index (χ0n) is 20.4. The van der Waals surface area contributed by atoms with E-state index in [9.17, 15) is 9.59 Å². The van der Waals surface area contributed by atoms with Crippen LogP contribution >= 0.6 is 0 Å². The first-order chi connectivity index (χ1) is 13.6. The maximum atomic E-state index is 12.8. The van der Waals surface area contributed by atoms with E-state index in [0.717, 1.165) is 44.9 Å². The molecule has 0 radical (unpaired) electrons. The molecule has 29 heavy (non-hydrogen) atoms. The molecule has 5 heteroatoms. The summed E-state index contributed by atoms with van der Waals surface area (Å²) in [7, 11) is 0. The van der Waals surface area contributed by atoms with Gasteiger partial charge in [0.15, 0.2) is 0 Å². The van der Waals surface area contributed by atoms with E-state index >= 15 is 0 Å². The molecule has 1 rings (SSSR count). The van der Waals surface area contributed by atoms with Crippen molar-refractivity contribution in [2.45, 2.75) is 120 Å². The normalized spacial score (nSPS) is 29.0. The fraction of sp³-hybridized carbons (Fsp3) is 0.917. The average molecular weight is 444 g/mol. The molecule has 4 atom stereocenters. The summed E-state index contributed by atoms with van der Waals surface area (Å²) >= 11 is -1.55. The van der Waals surface area contributed by atoms with Gasteiger partial charge in [0, 0.05) is 0 Å². The standard InChI is InChI=1S/C22H41N2O2.2CH3.Ti/c1-7-11-20(25)23-18-13-19(24-21(26)12-8-2)15-22(14-18,16(5)9-3)17(6)10-4;;;/h16-18H,7-15H2,1-6H3,(H,23,25)(H,24,26);2*1H3;. The molecule has 169 valence electrons. The maximum absolute atomic E-state index is 12.8. The molecule has 1 aliphatic carbocycles. The van der Waals surface area contributed by atoms with Crippen LogP contribution in [0.3, 0.4) is 0 Å². The van der Waals surface area contributed by atoms with E-state index in [-0.39, 0.29) is 27.1 Å².